The minimum absolute atomic E-state index is 0.0182. The fraction of sp³-hybridized carbons (Fsp3) is 0.176. The third-order valence-corrected chi connectivity index (χ3v) is 5.00. The maximum Gasteiger partial charge on any atom is 0.196 e. The topological polar surface area (TPSA) is 58.4 Å². The van der Waals surface area contributed by atoms with Crippen molar-refractivity contribution in [3.8, 4) is 5.69 Å². The molecule has 24 heavy (non-hydrogen) atoms. The first-order valence-electron chi connectivity index (χ1n) is 7.47. The SMILES string of the molecule is C[C@H]([NH3+])c1nnc(SCc2ccccc2)n1-c1ccc(Cl)cc1Cl. The summed E-state index contributed by atoms with van der Waals surface area (Å²) in [5.41, 5.74) is 6.11. The third kappa shape index (κ3) is 3.75. The van der Waals surface area contributed by atoms with Crippen LogP contribution in [0.3, 0.4) is 0 Å². The Morgan fingerprint density at radius 3 is 2.54 bits per heavy atom. The predicted octanol–water partition coefficient (Wildman–Crippen LogP) is 4.17. The summed E-state index contributed by atoms with van der Waals surface area (Å²) in [5.74, 6) is 1.57. The lowest BCUT2D eigenvalue weighted by Gasteiger charge is -2.12. The summed E-state index contributed by atoms with van der Waals surface area (Å²) in [7, 11) is 0. The summed E-state index contributed by atoms with van der Waals surface area (Å²) in [6.07, 6.45) is 0. The minimum atomic E-state index is -0.0182. The van der Waals surface area contributed by atoms with E-state index in [1.807, 2.05) is 41.8 Å². The van der Waals surface area contributed by atoms with Gasteiger partial charge in [-0.1, -0.05) is 65.3 Å². The fourth-order valence-corrected chi connectivity index (χ4v) is 3.71. The van der Waals surface area contributed by atoms with Crippen LogP contribution in [-0.4, -0.2) is 14.8 Å². The summed E-state index contributed by atoms with van der Waals surface area (Å²) >= 11 is 14.0. The van der Waals surface area contributed by atoms with E-state index in [2.05, 4.69) is 28.1 Å². The molecule has 0 saturated carbocycles. The zero-order valence-corrected chi connectivity index (χ0v) is 15.4. The van der Waals surface area contributed by atoms with Gasteiger partial charge in [-0.3, -0.25) is 4.57 Å². The lowest BCUT2D eigenvalue weighted by atomic mass is 10.2. The van der Waals surface area contributed by atoms with Gasteiger partial charge in [-0.2, -0.15) is 0 Å². The van der Waals surface area contributed by atoms with E-state index >= 15 is 0 Å². The molecule has 1 aromatic heterocycles. The van der Waals surface area contributed by atoms with Gasteiger partial charge >= 0.3 is 0 Å². The van der Waals surface area contributed by atoms with Crippen molar-refractivity contribution in [2.45, 2.75) is 23.9 Å². The number of aromatic nitrogens is 3. The van der Waals surface area contributed by atoms with Crippen molar-refractivity contribution in [1.29, 1.82) is 0 Å². The molecule has 4 nitrogen and oxygen atoms in total. The molecule has 0 radical (unpaired) electrons. The molecule has 0 unspecified atom stereocenters. The Balaban J connectivity index is 1.98. The zero-order valence-electron chi connectivity index (χ0n) is 13.1. The molecule has 124 valence electrons. The maximum absolute atomic E-state index is 6.40. The van der Waals surface area contributed by atoms with Gasteiger partial charge in [0.2, 0.25) is 0 Å². The van der Waals surface area contributed by atoms with Gasteiger partial charge in [0.05, 0.1) is 10.7 Å². The van der Waals surface area contributed by atoms with Gasteiger partial charge in [0, 0.05) is 10.8 Å². The fourth-order valence-electron chi connectivity index (χ4n) is 2.30. The predicted molar refractivity (Wildman–Crippen MR) is 98.7 cm³/mol. The molecule has 0 aliphatic rings. The van der Waals surface area contributed by atoms with E-state index in [1.165, 1.54) is 5.56 Å². The summed E-state index contributed by atoms with van der Waals surface area (Å²) in [4.78, 5) is 0. The average Bonchev–Trinajstić information content (AvgIpc) is 2.98. The lowest BCUT2D eigenvalue weighted by molar-refractivity contribution is -0.422. The van der Waals surface area contributed by atoms with Gasteiger partial charge in [-0.05, 0) is 30.7 Å². The maximum atomic E-state index is 6.40. The second-order valence-electron chi connectivity index (χ2n) is 5.45. The van der Waals surface area contributed by atoms with Crippen molar-refractivity contribution in [3.63, 3.8) is 0 Å². The molecule has 0 spiro atoms. The molecule has 3 N–H and O–H groups in total. The van der Waals surface area contributed by atoms with Crippen LogP contribution in [0.1, 0.15) is 24.4 Å². The van der Waals surface area contributed by atoms with E-state index in [0.717, 1.165) is 22.4 Å². The van der Waals surface area contributed by atoms with Gasteiger partial charge in [0.15, 0.2) is 11.0 Å². The zero-order chi connectivity index (χ0) is 17.1. The number of hydrogen-bond donors (Lipinski definition) is 1. The van der Waals surface area contributed by atoms with Gasteiger partial charge in [0.25, 0.3) is 0 Å². The summed E-state index contributed by atoms with van der Waals surface area (Å²) < 4.78 is 1.96. The van der Waals surface area contributed by atoms with Gasteiger partial charge in [0.1, 0.15) is 6.04 Å². The van der Waals surface area contributed by atoms with Gasteiger partial charge in [-0.15, -0.1) is 10.2 Å². The highest BCUT2D eigenvalue weighted by atomic mass is 35.5. The Labute approximate surface area is 155 Å². The van der Waals surface area contributed by atoms with Crippen LogP contribution in [0, 0.1) is 0 Å². The molecular weight excluding hydrogens is 363 g/mol. The van der Waals surface area contributed by atoms with Crippen molar-refractivity contribution in [1.82, 2.24) is 14.8 Å². The highest BCUT2D eigenvalue weighted by Crippen LogP contribution is 2.31. The van der Waals surface area contributed by atoms with E-state index < -0.39 is 0 Å². The normalized spacial score (nSPS) is 12.3. The van der Waals surface area contributed by atoms with Crippen LogP contribution in [0.25, 0.3) is 5.69 Å². The number of quaternary nitrogens is 1. The first-order valence-corrected chi connectivity index (χ1v) is 9.21. The molecule has 1 atom stereocenters. The standard InChI is InChI=1S/C17H16Cl2N4S/c1-11(20)16-21-22-17(24-10-12-5-3-2-4-6-12)23(16)15-8-7-13(18)9-14(15)19/h2-9,11H,10,20H2,1H3/p+1/t11-/m0/s1. The molecular formula is C17H17Cl2N4S+. The Kier molecular flexibility index (Phi) is 5.46. The van der Waals surface area contributed by atoms with Crippen LogP contribution >= 0.6 is 35.0 Å². The summed E-state index contributed by atoms with van der Waals surface area (Å²) in [5, 5.41) is 10.6. The van der Waals surface area contributed by atoms with Crippen LogP contribution < -0.4 is 5.73 Å². The van der Waals surface area contributed by atoms with E-state index in [1.54, 1.807) is 17.8 Å². The molecule has 3 rings (SSSR count). The second-order valence-corrected chi connectivity index (χ2v) is 7.23. The first kappa shape index (κ1) is 17.3. The van der Waals surface area contributed by atoms with Gasteiger partial charge < -0.3 is 5.73 Å². The lowest BCUT2D eigenvalue weighted by Crippen LogP contribution is -2.52. The number of nitrogens with zero attached hydrogens (tertiary/aromatic N) is 3. The highest BCUT2D eigenvalue weighted by Gasteiger charge is 2.21. The van der Waals surface area contributed by atoms with Crippen molar-refractivity contribution in [2.75, 3.05) is 0 Å². The van der Waals surface area contributed by atoms with Crippen molar-refractivity contribution in [2.24, 2.45) is 0 Å². The quantitative estimate of drug-likeness (QED) is 0.676. The van der Waals surface area contributed by atoms with Crippen LogP contribution in [0.15, 0.2) is 53.7 Å². The Hall–Kier alpha value is -1.53. The summed E-state index contributed by atoms with van der Waals surface area (Å²) in [6, 6.07) is 15.6. The molecule has 0 bridgehead atoms. The Morgan fingerprint density at radius 2 is 1.88 bits per heavy atom. The van der Waals surface area contributed by atoms with Crippen molar-refractivity contribution >= 4 is 35.0 Å². The number of halogens is 2. The number of hydrogen-bond acceptors (Lipinski definition) is 3. The molecule has 0 fully saturated rings. The van der Waals surface area contributed by atoms with E-state index in [-0.39, 0.29) is 6.04 Å². The Morgan fingerprint density at radius 1 is 1.12 bits per heavy atom. The monoisotopic (exact) mass is 379 g/mol. The molecule has 0 saturated heterocycles. The minimum Gasteiger partial charge on any atom is -0.349 e. The van der Waals surface area contributed by atoms with Crippen LogP contribution in [0.2, 0.25) is 10.0 Å². The molecule has 3 aromatic rings. The number of rotatable bonds is 5. The van der Waals surface area contributed by atoms with Crippen molar-refractivity contribution < 1.29 is 5.73 Å². The molecule has 7 heteroatoms. The first-order chi connectivity index (χ1) is 11.6. The average molecular weight is 380 g/mol. The number of thioether (sulfide) groups is 1. The van der Waals surface area contributed by atoms with Gasteiger partial charge in [-0.25, -0.2) is 0 Å². The smallest absolute Gasteiger partial charge is 0.196 e. The van der Waals surface area contributed by atoms with E-state index in [4.69, 9.17) is 23.2 Å². The van der Waals surface area contributed by atoms with E-state index in [9.17, 15) is 0 Å². The molecule has 0 aliphatic heterocycles. The molecule has 1 heterocycles. The van der Waals surface area contributed by atoms with Crippen LogP contribution in [-0.2, 0) is 5.75 Å². The molecule has 0 amide bonds. The van der Waals surface area contributed by atoms with E-state index in [0.29, 0.717) is 10.0 Å². The van der Waals surface area contributed by atoms with Crippen molar-refractivity contribution in [3.05, 3.63) is 70.0 Å². The molecule has 0 aliphatic carbocycles. The second kappa shape index (κ2) is 7.57. The third-order valence-electron chi connectivity index (χ3n) is 3.46. The largest absolute Gasteiger partial charge is 0.349 e. The molecule has 2 aromatic carbocycles. The highest BCUT2D eigenvalue weighted by molar-refractivity contribution is 7.98. The number of benzene rings is 2. The Bertz CT molecular complexity index is 834. The van der Waals surface area contributed by atoms with Crippen LogP contribution in [0.4, 0.5) is 0 Å². The van der Waals surface area contributed by atoms with Crippen LogP contribution in [0.5, 0.6) is 0 Å². The summed E-state index contributed by atoms with van der Waals surface area (Å²) in [6.45, 7) is 1.98.